The van der Waals surface area contributed by atoms with Crippen molar-refractivity contribution in [1.29, 1.82) is 0 Å². The molecule has 0 radical (unpaired) electrons. The Kier molecular flexibility index (Phi) is 3.60. The van der Waals surface area contributed by atoms with Gasteiger partial charge in [-0.25, -0.2) is 4.68 Å². The molecule has 0 amide bonds. The number of hydrogen-bond acceptors (Lipinski definition) is 8. The van der Waals surface area contributed by atoms with Gasteiger partial charge in [-0.1, -0.05) is 17.7 Å². The van der Waals surface area contributed by atoms with Gasteiger partial charge in [0, 0.05) is 5.69 Å². The summed E-state index contributed by atoms with van der Waals surface area (Å²) in [6.07, 6.45) is 0. The number of anilines is 3. The predicted octanol–water partition coefficient (Wildman–Crippen LogP) is 0.849. The number of aromatic nitrogens is 7. The third kappa shape index (κ3) is 3.14. The van der Waals surface area contributed by atoms with Crippen molar-refractivity contribution >= 4 is 17.6 Å². The molecule has 2 aromatic heterocycles. The Hall–Kier alpha value is -3.10. The summed E-state index contributed by atoms with van der Waals surface area (Å²) in [6, 6.07) is 7.89. The molecule has 2 heterocycles. The van der Waals surface area contributed by atoms with Crippen LogP contribution in [-0.2, 0) is 6.54 Å². The van der Waals surface area contributed by atoms with Crippen LogP contribution in [0.4, 0.5) is 17.6 Å². The molecule has 9 nitrogen and oxygen atoms in total. The van der Waals surface area contributed by atoms with E-state index in [0.29, 0.717) is 24.1 Å². The van der Waals surface area contributed by atoms with Crippen molar-refractivity contribution in [3.05, 3.63) is 41.5 Å². The molecule has 9 heteroatoms. The van der Waals surface area contributed by atoms with Crippen molar-refractivity contribution in [2.75, 3.05) is 11.1 Å². The van der Waals surface area contributed by atoms with Crippen LogP contribution in [0.1, 0.15) is 17.2 Å². The van der Waals surface area contributed by atoms with Gasteiger partial charge in [-0.2, -0.15) is 15.0 Å². The minimum absolute atomic E-state index is 0.144. The number of benzene rings is 1. The van der Waals surface area contributed by atoms with Gasteiger partial charge >= 0.3 is 0 Å². The van der Waals surface area contributed by atoms with Gasteiger partial charge in [0.2, 0.25) is 11.9 Å². The van der Waals surface area contributed by atoms with Gasteiger partial charge in [0.15, 0.2) is 5.82 Å². The molecule has 0 spiro atoms. The molecular formula is C13H15N9. The third-order valence-electron chi connectivity index (χ3n) is 3.01. The molecular weight excluding hydrogens is 282 g/mol. The zero-order valence-corrected chi connectivity index (χ0v) is 12.2. The Labute approximate surface area is 126 Å². The van der Waals surface area contributed by atoms with Crippen LogP contribution < -0.4 is 11.1 Å². The smallest absolute Gasteiger partial charge is 0.232 e. The number of nitrogen functional groups attached to an aromatic ring is 1. The summed E-state index contributed by atoms with van der Waals surface area (Å²) >= 11 is 0. The second-order valence-corrected chi connectivity index (χ2v) is 4.81. The molecule has 22 heavy (non-hydrogen) atoms. The van der Waals surface area contributed by atoms with Crippen LogP contribution in [-0.4, -0.2) is 35.2 Å². The van der Waals surface area contributed by atoms with Crippen LogP contribution in [0.3, 0.4) is 0 Å². The molecule has 0 saturated heterocycles. The fourth-order valence-electron chi connectivity index (χ4n) is 1.86. The minimum Gasteiger partial charge on any atom is -0.368 e. The Morgan fingerprint density at radius 3 is 2.55 bits per heavy atom. The first-order valence-electron chi connectivity index (χ1n) is 6.67. The first-order valence-corrected chi connectivity index (χ1v) is 6.67. The molecule has 1 aromatic carbocycles. The summed E-state index contributed by atoms with van der Waals surface area (Å²) in [7, 11) is 0. The van der Waals surface area contributed by atoms with E-state index in [2.05, 4.69) is 35.8 Å². The number of tetrazole rings is 1. The highest BCUT2D eigenvalue weighted by molar-refractivity contribution is 5.54. The quantitative estimate of drug-likeness (QED) is 0.727. The Balaban J connectivity index is 1.83. The predicted molar refractivity (Wildman–Crippen MR) is 80.4 cm³/mol. The summed E-state index contributed by atoms with van der Waals surface area (Å²) in [5.74, 6) is 1.69. The van der Waals surface area contributed by atoms with E-state index < -0.39 is 0 Å². The van der Waals surface area contributed by atoms with Gasteiger partial charge in [0.05, 0.1) is 0 Å². The molecule has 3 N–H and O–H groups in total. The van der Waals surface area contributed by atoms with Crippen molar-refractivity contribution in [2.45, 2.75) is 20.4 Å². The lowest BCUT2D eigenvalue weighted by atomic mass is 10.2. The lowest BCUT2D eigenvalue weighted by molar-refractivity contribution is 0.609. The van der Waals surface area contributed by atoms with Crippen LogP contribution in [0.2, 0.25) is 0 Å². The number of rotatable bonds is 4. The monoisotopic (exact) mass is 297 g/mol. The summed E-state index contributed by atoms with van der Waals surface area (Å²) in [6.45, 7) is 4.15. The SMILES string of the molecule is Cc1ccc(Nc2nc(N)nc(Cn3nnnc3C)n2)cc1. The minimum atomic E-state index is 0.144. The van der Waals surface area contributed by atoms with E-state index in [4.69, 9.17) is 5.73 Å². The van der Waals surface area contributed by atoms with E-state index in [1.165, 1.54) is 5.56 Å². The zero-order valence-electron chi connectivity index (χ0n) is 12.2. The average Bonchev–Trinajstić information content (AvgIpc) is 2.86. The standard InChI is InChI=1S/C13H15N9/c1-8-3-5-10(6-4-8)15-13-17-11(16-12(14)18-13)7-22-9(2)19-20-21-22/h3-6H,7H2,1-2H3,(H3,14,15,16,17,18). The largest absolute Gasteiger partial charge is 0.368 e. The van der Waals surface area contributed by atoms with Gasteiger partial charge in [-0.15, -0.1) is 5.10 Å². The van der Waals surface area contributed by atoms with E-state index in [1.54, 1.807) is 11.6 Å². The van der Waals surface area contributed by atoms with Crippen molar-refractivity contribution in [3.63, 3.8) is 0 Å². The highest BCUT2D eigenvalue weighted by Gasteiger charge is 2.08. The Morgan fingerprint density at radius 1 is 1.09 bits per heavy atom. The van der Waals surface area contributed by atoms with Crippen LogP contribution >= 0.6 is 0 Å². The summed E-state index contributed by atoms with van der Waals surface area (Å²) in [5, 5.41) is 14.4. The Morgan fingerprint density at radius 2 is 1.86 bits per heavy atom. The third-order valence-corrected chi connectivity index (χ3v) is 3.01. The van der Waals surface area contributed by atoms with E-state index >= 15 is 0 Å². The molecule has 3 aromatic rings. The maximum atomic E-state index is 5.74. The maximum Gasteiger partial charge on any atom is 0.232 e. The normalized spacial score (nSPS) is 10.6. The fourth-order valence-corrected chi connectivity index (χ4v) is 1.86. The number of hydrogen-bond donors (Lipinski definition) is 2. The lowest BCUT2D eigenvalue weighted by Crippen LogP contribution is -2.12. The molecule has 0 aliphatic heterocycles. The van der Waals surface area contributed by atoms with Gasteiger partial charge in [0.1, 0.15) is 12.4 Å². The van der Waals surface area contributed by atoms with E-state index in [1.807, 2.05) is 31.2 Å². The van der Waals surface area contributed by atoms with Crippen LogP contribution in [0, 0.1) is 13.8 Å². The fraction of sp³-hybridized carbons (Fsp3) is 0.231. The summed E-state index contributed by atoms with van der Waals surface area (Å²) in [5.41, 5.74) is 7.79. The highest BCUT2D eigenvalue weighted by Crippen LogP contribution is 2.14. The highest BCUT2D eigenvalue weighted by atomic mass is 15.5. The lowest BCUT2D eigenvalue weighted by Gasteiger charge is -2.07. The topological polar surface area (TPSA) is 120 Å². The molecule has 112 valence electrons. The molecule has 0 atom stereocenters. The molecule has 0 aliphatic carbocycles. The van der Waals surface area contributed by atoms with Crippen molar-refractivity contribution in [1.82, 2.24) is 35.2 Å². The molecule has 0 fully saturated rings. The first kappa shape index (κ1) is 13.9. The van der Waals surface area contributed by atoms with Crippen LogP contribution in [0.25, 0.3) is 0 Å². The first-order chi connectivity index (χ1) is 10.6. The second-order valence-electron chi connectivity index (χ2n) is 4.81. The molecule has 0 aliphatic rings. The van der Waals surface area contributed by atoms with Gasteiger partial charge in [-0.3, -0.25) is 0 Å². The zero-order chi connectivity index (χ0) is 15.5. The second kappa shape index (κ2) is 5.72. The van der Waals surface area contributed by atoms with Crippen LogP contribution in [0.5, 0.6) is 0 Å². The Bertz CT molecular complexity index is 778. The van der Waals surface area contributed by atoms with Gasteiger partial charge in [-0.05, 0) is 36.4 Å². The molecule has 0 bridgehead atoms. The number of aryl methyl sites for hydroxylation is 2. The molecule has 3 rings (SSSR count). The van der Waals surface area contributed by atoms with Gasteiger partial charge in [0.25, 0.3) is 0 Å². The van der Waals surface area contributed by atoms with E-state index in [-0.39, 0.29) is 5.95 Å². The average molecular weight is 297 g/mol. The molecule has 0 unspecified atom stereocenters. The number of nitrogens with one attached hydrogen (secondary N) is 1. The van der Waals surface area contributed by atoms with Gasteiger partial charge < -0.3 is 11.1 Å². The van der Waals surface area contributed by atoms with E-state index in [9.17, 15) is 0 Å². The maximum absolute atomic E-state index is 5.74. The van der Waals surface area contributed by atoms with Crippen LogP contribution in [0.15, 0.2) is 24.3 Å². The number of nitrogens with two attached hydrogens (primary N) is 1. The van der Waals surface area contributed by atoms with E-state index in [0.717, 1.165) is 5.69 Å². The van der Waals surface area contributed by atoms with Crippen molar-refractivity contribution < 1.29 is 0 Å². The van der Waals surface area contributed by atoms with Crippen molar-refractivity contribution in [3.8, 4) is 0 Å². The number of nitrogens with zero attached hydrogens (tertiary/aromatic N) is 7. The molecule has 0 saturated carbocycles. The summed E-state index contributed by atoms with van der Waals surface area (Å²) < 4.78 is 1.59. The van der Waals surface area contributed by atoms with Crippen molar-refractivity contribution in [2.24, 2.45) is 0 Å². The summed E-state index contributed by atoms with van der Waals surface area (Å²) in [4.78, 5) is 12.5.